The molecule has 2 rings (SSSR count). The second-order valence-electron chi connectivity index (χ2n) is 6.06. The van der Waals surface area contributed by atoms with E-state index in [0.29, 0.717) is 6.04 Å². The van der Waals surface area contributed by atoms with Crippen LogP contribution < -0.4 is 10.1 Å². The molecule has 1 N–H and O–H groups in total. The second kappa shape index (κ2) is 9.06. The summed E-state index contributed by atoms with van der Waals surface area (Å²) in [5.74, 6) is 1.78. The van der Waals surface area contributed by atoms with Gasteiger partial charge < -0.3 is 15.0 Å². The van der Waals surface area contributed by atoms with Gasteiger partial charge in [0.05, 0.1) is 6.61 Å². The summed E-state index contributed by atoms with van der Waals surface area (Å²) >= 11 is 0. The van der Waals surface area contributed by atoms with E-state index in [4.69, 9.17) is 4.74 Å². The van der Waals surface area contributed by atoms with Crippen LogP contribution in [0.15, 0.2) is 30.3 Å². The minimum atomic E-state index is 0.637. The molecule has 3 nitrogen and oxygen atoms in total. The van der Waals surface area contributed by atoms with E-state index in [1.54, 1.807) is 0 Å². The molecule has 0 saturated carbocycles. The van der Waals surface area contributed by atoms with Gasteiger partial charge in [-0.15, -0.1) is 0 Å². The quantitative estimate of drug-likeness (QED) is 0.744. The molecule has 1 saturated heterocycles. The highest BCUT2D eigenvalue weighted by molar-refractivity contribution is 5.20. The molecule has 0 aromatic heterocycles. The molecular formula is C18H30N2O. The van der Waals surface area contributed by atoms with Crippen molar-refractivity contribution in [1.29, 1.82) is 0 Å². The Hall–Kier alpha value is -1.06. The Morgan fingerprint density at radius 2 is 2.14 bits per heavy atom. The molecule has 0 aliphatic carbocycles. The van der Waals surface area contributed by atoms with Crippen LogP contribution in [0.25, 0.3) is 0 Å². The second-order valence-corrected chi connectivity index (χ2v) is 6.06. The Kier molecular flexibility index (Phi) is 7.04. The first kappa shape index (κ1) is 16.3. The van der Waals surface area contributed by atoms with Crippen molar-refractivity contribution < 1.29 is 4.74 Å². The molecule has 3 heteroatoms. The molecular weight excluding hydrogens is 260 g/mol. The standard InChI is InChI=1S/C18H30N2O/c1-3-19-16(2)17-9-7-12-20(15-17)13-8-14-21-18-10-5-4-6-11-18/h4-6,10-11,16-17,19H,3,7-9,12-15H2,1-2H3. The van der Waals surface area contributed by atoms with Gasteiger partial charge >= 0.3 is 0 Å². The van der Waals surface area contributed by atoms with Crippen molar-refractivity contribution in [1.82, 2.24) is 10.2 Å². The average molecular weight is 290 g/mol. The monoisotopic (exact) mass is 290 g/mol. The summed E-state index contributed by atoms with van der Waals surface area (Å²) in [6.07, 6.45) is 3.81. The summed E-state index contributed by atoms with van der Waals surface area (Å²) in [6.45, 7) is 10.0. The third-order valence-corrected chi connectivity index (χ3v) is 4.41. The van der Waals surface area contributed by atoms with Crippen LogP contribution in [-0.2, 0) is 0 Å². The highest BCUT2D eigenvalue weighted by Crippen LogP contribution is 2.20. The highest BCUT2D eigenvalue weighted by atomic mass is 16.5. The van der Waals surface area contributed by atoms with E-state index in [0.717, 1.165) is 37.8 Å². The fourth-order valence-corrected chi connectivity index (χ4v) is 3.19. The zero-order chi connectivity index (χ0) is 14.9. The van der Waals surface area contributed by atoms with Gasteiger partial charge in [-0.1, -0.05) is 25.1 Å². The van der Waals surface area contributed by atoms with E-state index in [-0.39, 0.29) is 0 Å². The molecule has 0 amide bonds. The van der Waals surface area contributed by atoms with E-state index in [9.17, 15) is 0 Å². The Bertz CT molecular complexity index is 382. The predicted octanol–water partition coefficient (Wildman–Crippen LogP) is 3.17. The molecule has 1 aliphatic rings. The number of hydrogen-bond acceptors (Lipinski definition) is 3. The Balaban J connectivity index is 1.64. The molecule has 2 atom stereocenters. The Morgan fingerprint density at radius 1 is 1.33 bits per heavy atom. The smallest absolute Gasteiger partial charge is 0.119 e. The van der Waals surface area contributed by atoms with Crippen molar-refractivity contribution in [2.75, 3.05) is 32.8 Å². The first-order valence-electron chi connectivity index (χ1n) is 8.43. The summed E-state index contributed by atoms with van der Waals surface area (Å²) in [4.78, 5) is 2.61. The van der Waals surface area contributed by atoms with Crippen molar-refractivity contribution in [3.8, 4) is 5.75 Å². The third kappa shape index (κ3) is 5.68. The van der Waals surface area contributed by atoms with Gasteiger partial charge in [0.1, 0.15) is 5.75 Å². The minimum Gasteiger partial charge on any atom is -0.494 e. The van der Waals surface area contributed by atoms with Gasteiger partial charge in [-0.25, -0.2) is 0 Å². The zero-order valence-electron chi connectivity index (χ0n) is 13.6. The molecule has 2 unspecified atom stereocenters. The number of piperidine rings is 1. The molecule has 118 valence electrons. The lowest BCUT2D eigenvalue weighted by Crippen LogP contribution is -2.44. The summed E-state index contributed by atoms with van der Waals surface area (Å²) in [6, 6.07) is 10.7. The van der Waals surface area contributed by atoms with Crippen LogP contribution in [0.5, 0.6) is 5.75 Å². The summed E-state index contributed by atoms with van der Waals surface area (Å²) in [7, 11) is 0. The lowest BCUT2D eigenvalue weighted by Gasteiger charge is -2.36. The maximum absolute atomic E-state index is 5.77. The van der Waals surface area contributed by atoms with Crippen molar-refractivity contribution >= 4 is 0 Å². The van der Waals surface area contributed by atoms with E-state index in [1.807, 2.05) is 30.3 Å². The summed E-state index contributed by atoms with van der Waals surface area (Å²) < 4.78 is 5.77. The number of para-hydroxylation sites is 1. The van der Waals surface area contributed by atoms with Gasteiger partial charge in [0.15, 0.2) is 0 Å². The molecule has 1 aromatic rings. The first-order chi connectivity index (χ1) is 10.3. The minimum absolute atomic E-state index is 0.637. The van der Waals surface area contributed by atoms with E-state index >= 15 is 0 Å². The van der Waals surface area contributed by atoms with Gasteiger partial charge in [-0.2, -0.15) is 0 Å². The first-order valence-corrected chi connectivity index (χ1v) is 8.43. The molecule has 21 heavy (non-hydrogen) atoms. The van der Waals surface area contributed by atoms with Gasteiger partial charge in [0.2, 0.25) is 0 Å². The SMILES string of the molecule is CCNC(C)C1CCCN(CCCOc2ccccc2)C1. The van der Waals surface area contributed by atoms with Crippen molar-refractivity contribution in [3.05, 3.63) is 30.3 Å². The molecule has 1 heterocycles. The molecule has 1 fully saturated rings. The maximum atomic E-state index is 5.77. The van der Waals surface area contributed by atoms with Gasteiger partial charge in [0.25, 0.3) is 0 Å². The van der Waals surface area contributed by atoms with Crippen LogP contribution in [0.4, 0.5) is 0 Å². The molecule has 1 aliphatic heterocycles. The number of likely N-dealkylation sites (tertiary alicyclic amines) is 1. The van der Waals surface area contributed by atoms with Crippen LogP contribution in [0, 0.1) is 5.92 Å². The number of benzene rings is 1. The molecule has 0 bridgehead atoms. The number of nitrogens with one attached hydrogen (secondary N) is 1. The number of rotatable bonds is 8. The van der Waals surface area contributed by atoms with Crippen LogP contribution >= 0.6 is 0 Å². The predicted molar refractivity (Wildman–Crippen MR) is 88.9 cm³/mol. The van der Waals surface area contributed by atoms with E-state index in [2.05, 4.69) is 24.1 Å². The largest absolute Gasteiger partial charge is 0.494 e. The third-order valence-electron chi connectivity index (χ3n) is 4.41. The van der Waals surface area contributed by atoms with Gasteiger partial charge in [-0.05, 0) is 57.3 Å². The van der Waals surface area contributed by atoms with Gasteiger partial charge in [-0.3, -0.25) is 0 Å². The summed E-state index contributed by atoms with van der Waals surface area (Å²) in [5.41, 5.74) is 0. The topological polar surface area (TPSA) is 24.5 Å². The van der Waals surface area contributed by atoms with Crippen LogP contribution in [0.2, 0.25) is 0 Å². The highest BCUT2D eigenvalue weighted by Gasteiger charge is 2.23. The van der Waals surface area contributed by atoms with Crippen LogP contribution in [0.3, 0.4) is 0 Å². The normalized spacial score (nSPS) is 21.1. The van der Waals surface area contributed by atoms with Crippen LogP contribution in [-0.4, -0.2) is 43.7 Å². The van der Waals surface area contributed by atoms with Crippen molar-refractivity contribution in [2.24, 2.45) is 5.92 Å². The fourth-order valence-electron chi connectivity index (χ4n) is 3.19. The molecule has 0 radical (unpaired) electrons. The maximum Gasteiger partial charge on any atom is 0.119 e. The lowest BCUT2D eigenvalue weighted by atomic mass is 9.91. The fraction of sp³-hybridized carbons (Fsp3) is 0.667. The molecule has 0 spiro atoms. The van der Waals surface area contributed by atoms with E-state index < -0.39 is 0 Å². The Labute approximate surface area is 129 Å². The van der Waals surface area contributed by atoms with Crippen molar-refractivity contribution in [2.45, 2.75) is 39.2 Å². The number of nitrogens with zero attached hydrogens (tertiary/aromatic N) is 1. The molecule has 1 aromatic carbocycles. The van der Waals surface area contributed by atoms with Crippen LogP contribution in [0.1, 0.15) is 33.1 Å². The van der Waals surface area contributed by atoms with E-state index in [1.165, 1.54) is 25.9 Å². The van der Waals surface area contributed by atoms with Gasteiger partial charge in [0, 0.05) is 19.1 Å². The number of hydrogen-bond donors (Lipinski definition) is 1. The summed E-state index contributed by atoms with van der Waals surface area (Å²) in [5, 5.41) is 3.57. The number of ether oxygens (including phenoxy) is 1. The average Bonchev–Trinajstić information content (AvgIpc) is 2.53. The lowest BCUT2D eigenvalue weighted by molar-refractivity contribution is 0.142. The van der Waals surface area contributed by atoms with Crippen molar-refractivity contribution in [3.63, 3.8) is 0 Å². The zero-order valence-corrected chi connectivity index (χ0v) is 13.6. The Morgan fingerprint density at radius 3 is 2.90 bits per heavy atom.